The highest BCUT2D eigenvalue weighted by molar-refractivity contribution is 6.10. The molecule has 7 rings (SSSR count). The van der Waals surface area contributed by atoms with Crippen molar-refractivity contribution >= 4 is 27.5 Å². The van der Waals surface area contributed by atoms with Crippen molar-refractivity contribution < 1.29 is 0 Å². The number of aromatic nitrogens is 1. The first kappa shape index (κ1) is 22.7. The SMILES string of the molecule is C1=C(C2NC(C3=CCCCC3)NC(c3ccccc3)N2)CCC=C1n1c2ccccc2c2ccccc21. The van der Waals surface area contributed by atoms with Crippen LogP contribution in [-0.2, 0) is 0 Å². The second-order valence-electron chi connectivity index (χ2n) is 10.5. The molecule has 0 spiro atoms. The topological polar surface area (TPSA) is 41.0 Å². The summed E-state index contributed by atoms with van der Waals surface area (Å²) in [4.78, 5) is 0. The van der Waals surface area contributed by atoms with E-state index in [1.165, 1.54) is 69.9 Å². The fourth-order valence-electron chi connectivity index (χ4n) is 6.33. The summed E-state index contributed by atoms with van der Waals surface area (Å²) in [5.41, 5.74) is 8.02. The molecular formula is C33H34N4. The van der Waals surface area contributed by atoms with Gasteiger partial charge in [-0.15, -0.1) is 0 Å². The maximum atomic E-state index is 3.94. The van der Waals surface area contributed by atoms with Gasteiger partial charge in [0.2, 0.25) is 0 Å². The zero-order valence-electron chi connectivity index (χ0n) is 21.2. The molecule has 1 aliphatic heterocycles. The first-order valence-electron chi connectivity index (χ1n) is 13.8. The summed E-state index contributed by atoms with van der Waals surface area (Å²) in [6.45, 7) is 0. The first-order chi connectivity index (χ1) is 18.3. The summed E-state index contributed by atoms with van der Waals surface area (Å²) in [6, 6.07) is 28.4. The standard InChI is InChI=1S/C33H34N4/c1-3-12-23(13-4-1)31-34-32(24-14-5-2-6-15-24)36-33(35-31)25-16-11-17-26(22-25)37-29-20-9-7-18-27(29)28-19-8-10-21-30(28)37/h1,3-4,7-10,12-14,17-22,31-36H,2,5-6,11,15-16H2. The Hall–Kier alpha value is -3.44. The van der Waals surface area contributed by atoms with E-state index in [9.17, 15) is 0 Å². The number of rotatable bonds is 4. The molecule has 3 aromatic carbocycles. The van der Waals surface area contributed by atoms with Crippen molar-refractivity contribution in [1.29, 1.82) is 0 Å². The van der Waals surface area contributed by atoms with Crippen LogP contribution in [0.4, 0.5) is 0 Å². The van der Waals surface area contributed by atoms with E-state index in [4.69, 9.17) is 0 Å². The molecule has 186 valence electrons. The second kappa shape index (κ2) is 9.79. The summed E-state index contributed by atoms with van der Waals surface area (Å²) in [5, 5.41) is 14.3. The number of nitrogens with one attached hydrogen (secondary N) is 3. The summed E-state index contributed by atoms with van der Waals surface area (Å²) in [6.07, 6.45) is 14.7. The van der Waals surface area contributed by atoms with E-state index < -0.39 is 0 Å². The van der Waals surface area contributed by atoms with Gasteiger partial charge in [0.15, 0.2) is 0 Å². The van der Waals surface area contributed by atoms with Gasteiger partial charge >= 0.3 is 0 Å². The maximum Gasteiger partial charge on any atom is 0.0864 e. The molecule has 0 saturated carbocycles. The van der Waals surface area contributed by atoms with Crippen LogP contribution in [0.15, 0.2) is 108 Å². The number of benzene rings is 3. The molecule has 1 saturated heterocycles. The molecule has 0 amide bonds. The lowest BCUT2D eigenvalue weighted by molar-refractivity contribution is 0.234. The molecule has 0 bridgehead atoms. The van der Waals surface area contributed by atoms with Crippen molar-refractivity contribution in [3.05, 3.63) is 114 Å². The van der Waals surface area contributed by atoms with Crippen molar-refractivity contribution in [2.24, 2.45) is 0 Å². The summed E-state index contributed by atoms with van der Waals surface area (Å²) in [5.74, 6) is 0. The molecule has 3 aliphatic rings. The van der Waals surface area contributed by atoms with Crippen LogP contribution in [0.2, 0.25) is 0 Å². The maximum absolute atomic E-state index is 3.94. The Morgan fingerprint density at radius 3 is 1.92 bits per heavy atom. The van der Waals surface area contributed by atoms with Gasteiger partial charge in [0.05, 0.1) is 29.5 Å². The predicted molar refractivity (Wildman–Crippen MR) is 154 cm³/mol. The molecule has 2 heterocycles. The predicted octanol–water partition coefficient (Wildman–Crippen LogP) is 6.99. The number of para-hydroxylation sites is 2. The zero-order valence-corrected chi connectivity index (χ0v) is 21.2. The minimum atomic E-state index is 0.101. The van der Waals surface area contributed by atoms with Gasteiger partial charge in [0.1, 0.15) is 0 Å². The van der Waals surface area contributed by atoms with Crippen LogP contribution < -0.4 is 16.0 Å². The molecule has 0 radical (unpaired) electrons. The normalized spacial score (nSPS) is 24.5. The molecule has 2 aliphatic carbocycles. The molecule has 4 nitrogen and oxygen atoms in total. The Kier molecular flexibility index (Phi) is 6.01. The minimum absolute atomic E-state index is 0.101. The quantitative estimate of drug-likeness (QED) is 0.272. The highest BCUT2D eigenvalue weighted by Gasteiger charge is 2.32. The van der Waals surface area contributed by atoms with Crippen molar-refractivity contribution in [3.8, 4) is 0 Å². The van der Waals surface area contributed by atoms with Crippen molar-refractivity contribution in [1.82, 2.24) is 20.5 Å². The van der Waals surface area contributed by atoms with E-state index in [1.54, 1.807) is 0 Å². The molecule has 3 N–H and O–H groups in total. The molecule has 4 heteroatoms. The third kappa shape index (κ3) is 4.25. The van der Waals surface area contributed by atoms with E-state index in [0.717, 1.165) is 12.8 Å². The number of allylic oxidation sites excluding steroid dienone is 4. The number of hydrogen-bond donors (Lipinski definition) is 3. The zero-order chi connectivity index (χ0) is 24.6. The van der Waals surface area contributed by atoms with Crippen LogP contribution in [0.1, 0.15) is 50.3 Å². The summed E-state index contributed by atoms with van der Waals surface area (Å²) >= 11 is 0. The lowest BCUT2D eigenvalue weighted by Crippen LogP contribution is -2.64. The van der Waals surface area contributed by atoms with Gasteiger partial charge in [-0.2, -0.15) is 0 Å². The molecule has 1 fully saturated rings. The smallest absolute Gasteiger partial charge is 0.0864 e. The highest BCUT2D eigenvalue weighted by atomic mass is 15.4. The molecule has 3 atom stereocenters. The lowest BCUT2D eigenvalue weighted by Gasteiger charge is -2.42. The van der Waals surface area contributed by atoms with Crippen molar-refractivity contribution in [2.75, 3.05) is 0 Å². The monoisotopic (exact) mass is 486 g/mol. The van der Waals surface area contributed by atoms with Crippen molar-refractivity contribution in [2.45, 2.75) is 57.0 Å². The Morgan fingerprint density at radius 1 is 0.568 bits per heavy atom. The Morgan fingerprint density at radius 2 is 1.22 bits per heavy atom. The van der Waals surface area contributed by atoms with Gasteiger partial charge in [-0.3, -0.25) is 16.0 Å². The van der Waals surface area contributed by atoms with Gasteiger partial charge in [-0.25, -0.2) is 0 Å². The van der Waals surface area contributed by atoms with E-state index in [1.807, 2.05) is 0 Å². The fraction of sp³-hybridized carbons (Fsp3) is 0.273. The van der Waals surface area contributed by atoms with Crippen LogP contribution in [0, 0.1) is 0 Å². The summed E-state index contributed by atoms with van der Waals surface area (Å²) in [7, 11) is 0. The van der Waals surface area contributed by atoms with Crippen molar-refractivity contribution in [3.63, 3.8) is 0 Å². The molecular weight excluding hydrogens is 452 g/mol. The van der Waals surface area contributed by atoms with E-state index in [2.05, 4.69) is 118 Å². The first-order valence-corrected chi connectivity index (χ1v) is 13.8. The average Bonchev–Trinajstić information content (AvgIpc) is 3.32. The molecule has 3 unspecified atom stereocenters. The Labute approximate surface area is 218 Å². The van der Waals surface area contributed by atoms with Gasteiger partial charge in [-0.1, -0.05) is 78.9 Å². The van der Waals surface area contributed by atoms with Gasteiger partial charge in [0, 0.05) is 16.5 Å². The summed E-state index contributed by atoms with van der Waals surface area (Å²) < 4.78 is 2.45. The third-order valence-corrected chi connectivity index (χ3v) is 8.16. The largest absolute Gasteiger partial charge is 0.310 e. The van der Waals surface area contributed by atoms with Crippen LogP contribution in [0.3, 0.4) is 0 Å². The van der Waals surface area contributed by atoms with Crippen LogP contribution in [0.5, 0.6) is 0 Å². The van der Waals surface area contributed by atoms with E-state index in [-0.39, 0.29) is 18.5 Å². The fourth-order valence-corrected chi connectivity index (χ4v) is 6.33. The van der Waals surface area contributed by atoms with E-state index in [0.29, 0.717) is 0 Å². The minimum Gasteiger partial charge on any atom is -0.310 e. The van der Waals surface area contributed by atoms with Gasteiger partial charge in [0.25, 0.3) is 0 Å². The Balaban J connectivity index is 1.27. The van der Waals surface area contributed by atoms with Gasteiger partial charge < -0.3 is 4.57 Å². The number of hydrogen-bond acceptors (Lipinski definition) is 3. The van der Waals surface area contributed by atoms with Crippen LogP contribution in [-0.4, -0.2) is 16.9 Å². The van der Waals surface area contributed by atoms with Crippen LogP contribution in [0.25, 0.3) is 27.5 Å². The number of fused-ring (bicyclic) bond motifs is 3. The van der Waals surface area contributed by atoms with Crippen LogP contribution >= 0.6 is 0 Å². The highest BCUT2D eigenvalue weighted by Crippen LogP contribution is 2.35. The number of nitrogens with zero attached hydrogens (tertiary/aromatic N) is 1. The second-order valence-corrected chi connectivity index (χ2v) is 10.5. The molecule has 1 aromatic heterocycles. The average molecular weight is 487 g/mol. The van der Waals surface area contributed by atoms with E-state index >= 15 is 0 Å². The molecule has 37 heavy (non-hydrogen) atoms. The molecule has 4 aromatic rings. The lowest BCUT2D eigenvalue weighted by atomic mass is 9.94. The Bertz CT molecular complexity index is 1470. The third-order valence-electron chi connectivity index (χ3n) is 8.16. The van der Waals surface area contributed by atoms with Gasteiger partial charge in [-0.05, 0) is 73.4 Å².